The van der Waals surface area contributed by atoms with Crippen LogP contribution in [0.25, 0.3) is 5.57 Å². The van der Waals surface area contributed by atoms with E-state index in [0.717, 1.165) is 12.8 Å². The van der Waals surface area contributed by atoms with Crippen LogP contribution in [0.1, 0.15) is 31.7 Å². The third-order valence-electron chi connectivity index (χ3n) is 4.91. The lowest BCUT2D eigenvalue weighted by molar-refractivity contribution is -0.137. The highest BCUT2D eigenvalue weighted by molar-refractivity contribution is 6.36. The largest absolute Gasteiger partial charge is 0.495 e. The van der Waals surface area contributed by atoms with Crippen molar-refractivity contribution in [2.75, 3.05) is 32.2 Å². The number of rotatable bonds is 11. The quantitative estimate of drug-likeness (QED) is 0.448. The van der Waals surface area contributed by atoms with Gasteiger partial charge in [0.1, 0.15) is 11.4 Å². The first-order valence-corrected chi connectivity index (χ1v) is 10.3. The SMILES string of the molecule is CCCCOCCCN1C(=O)C(Nc2ccccc2OC)=C(c2ccccc2)C1=O. The number of amides is 2. The van der Waals surface area contributed by atoms with E-state index >= 15 is 0 Å². The Morgan fingerprint density at radius 2 is 1.60 bits per heavy atom. The Kier molecular flexibility index (Phi) is 7.63. The molecule has 6 nitrogen and oxygen atoms in total. The van der Waals surface area contributed by atoms with E-state index in [1.165, 1.54) is 4.90 Å². The lowest BCUT2D eigenvalue weighted by Gasteiger charge is -2.16. The van der Waals surface area contributed by atoms with Crippen molar-refractivity contribution >= 4 is 23.1 Å². The lowest BCUT2D eigenvalue weighted by Crippen LogP contribution is -2.34. The molecule has 0 unspecified atom stereocenters. The molecule has 1 aliphatic rings. The van der Waals surface area contributed by atoms with Crippen LogP contribution >= 0.6 is 0 Å². The topological polar surface area (TPSA) is 67.9 Å². The Bertz CT molecular complexity index is 908. The van der Waals surface area contributed by atoms with Gasteiger partial charge in [-0.1, -0.05) is 55.8 Å². The molecule has 30 heavy (non-hydrogen) atoms. The first-order chi connectivity index (χ1) is 14.7. The number of carbonyl (C=O) groups excluding carboxylic acids is 2. The summed E-state index contributed by atoms with van der Waals surface area (Å²) in [4.78, 5) is 27.6. The van der Waals surface area contributed by atoms with E-state index in [1.807, 2.05) is 48.5 Å². The van der Waals surface area contributed by atoms with E-state index in [2.05, 4.69) is 12.2 Å². The highest BCUT2D eigenvalue weighted by Gasteiger charge is 2.39. The van der Waals surface area contributed by atoms with Crippen molar-refractivity contribution in [1.82, 2.24) is 4.90 Å². The Morgan fingerprint density at radius 3 is 2.33 bits per heavy atom. The zero-order valence-corrected chi connectivity index (χ0v) is 17.5. The molecule has 1 heterocycles. The van der Waals surface area contributed by atoms with E-state index in [9.17, 15) is 9.59 Å². The molecule has 0 saturated heterocycles. The van der Waals surface area contributed by atoms with Crippen molar-refractivity contribution in [2.24, 2.45) is 0 Å². The number of nitrogens with one attached hydrogen (secondary N) is 1. The van der Waals surface area contributed by atoms with Crippen LogP contribution < -0.4 is 10.1 Å². The Hall–Kier alpha value is -3.12. The molecular weight excluding hydrogens is 380 g/mol. The van der Waals surface area contributed by atoms with E-state index in [-0.39, 0.29) is 17.5 Å². The van der Waals surface area contributed by atoms with Gasteiger partial charge in [-0.15, -0.1) is 0 Å². The van der Waals surface area contributed by atoms with Crippen LogP contribution in [0, 0.1) is 0 Å². The summed E-state index contributed by atoms with van der Waals surface area (Å²) < 4.78 is 11.0. The maximum Gasteiger partial charge on any atom is 0.278 e. The van der Waals surface area contributed by atoms with Gasteiger partial charge in [-0.05, 0) is 30.5 Å². The molecule has 0 fully saturated rings. The van der Waals surface area contributed by atoms with E-state index < -0.39 is 0 Å². The van der Waals surface area contributed by atoms with E-state index in [1.54, 1.807) is 13.2 Å². The summed E-state index contributed by atoms with van der Waals surface area (Å²) >= 11 is 0. The van der Waals surface area contributed by atoms with Crippen molar-refractivity contribution in [3.8, 4) is 5.75 Å². The van der Waals surface area contributed by atoms with Crippen LogP contribution in [0.3, 0.4) is 0 Å². The summed E-state index contributed by atoms with van der Waals surface area (Å²) in [5.74, 6) is -0.0316. The van der Waals surface area contributed by atoms with E-state index in [4.69, 9.17) is 9.47 Å². The fourth-order valence-electron chi connectivity index (χ4n) is 3.32. The van der Waals surface area contributed by atoms with Crippen LogP contribution in [0.5, 0.6) is 5.75 Å². The number of carbonyl (C=O) groups is 2. The molecule has 0 radical (unpaired) electrons. The number of ether oxygens (including phenoxy) is 2. The molecular formula is C24H28N2O4. The number of methoxy groups -OCH3 is 1. The molecule has 6 heteroatoms. The summed E-state index contributed by atoms with van der Waals surface area (Å²) in [6.45, 7) is 3.65. The van der Waals surface area contributed by atoms with Crippen molar-refractivity contribution in [3.63, 3.8) is 0 Å². The fourth-order valence-corrected chi connectivity index (χ4v) is 3.32. The van der Waals surface area contributed by atoms with Crippen LogP contribution in [0.4, 0.5) is 5.69 Å². The smallest absolute Gasteiger partial charge is 0.278 e. The van der Waals surface area contributed by atoms with Gasteiger partial charge in [-0.3, -0.25) is 14.5 Å². The Balaban J connectivity index is 1.83. The number of para-hydroxylation sites is 2. The standard InChI is InChI=1S/C24H28N2O4/c1-3-4-16-30-17-10-15-26-23(27)21(18-11-6-5-7-12-18)22(24(26)28)25-19-13-8-9-14-20(19)29-2/h5-9,11-14,25H,3-4,10,15-17H2,1-2H3. The minimum absolute atomic E-state index is 0.266. The molecule has 0 saturated carbocycles. The molecule has 1 N–H and O–H groups in total. The Morgan fingerprint density at radius 1 is 0.900 bits per heavy atom. The van der Waals surface area contributed by atoms with Crippen molar-refractivity contribution in [2.45, 2.75) is 26.2 Å². The van der Waals surface area contributed by atoms with E-state index in [0.29, 0.717) is 48.8 Å². The minimum atomic E-state index is -0.335. The summed E-state index contributed by atoms with van der Waals surface area (Å²) in [5.41, 5.74) is 1.98. The normalized spacial score (nSPS) is 13.9. The predicted molar refractivity (Wildman–Crippen MR) is 117 cm³/mol. The second-order valence-electron chi connectivity index (χ2n) is 7.02. The zero-order valence-electron chi connectivity index (χ0n) is 17.5. The van der Waals surface area contributed by atoms with Crippen LogP contribution in [0.15, 0.2) is 60.3 Å². The maximum atomic E-state index is 13.2. The number of hydrogen-bond donors (Lipinski definition) is 1. The van der Waals surface area contributed by atoms with Gasteiger partial charge in [0.05, 0.1) is 18.4 Å². The molecule has 2 aromatic carbocycles. The molecule has 0 spiro atoms. The van der Waals surface area contributed by atoms with Gasteiger partial charge >= 0.3 is 0 Å². The number of imide groups is 1. The monoisotopic (exact) mass is 408 g/mol. The van der Waals surface area contributed by atoms with Gasteiger partial charge < -0.3 is 14.8 Å². The summed E-state index contributed by atoms with van der Waals surface area (Å²) in [5, 5.41) is 3.15. The van der Waals surface area contributed by atoms with Crippen LogP contribution in [-0.2, 0) is 14.3 Å². The van der Waals surface area contributed by atoms with Gasteiger partial charge in [-0.2, -0.15) is 0 Å². The van der Waals surface area contributed by atoms with Gasteiger partial charge in [-0.25, -0.2) is 0 Å². The molecule has 0 aliphatic carbocycles. The molecule has 158 valence electrons. The number of nitrogens with zero attached hydrogens (tertiary/aromatic N) is 1. The number of anilines is 1. The maximum absolute atomic E-state index is 13.2. The van der Waals surface area contributed by atoms with Crippen LogP contribution in [-0.4, -0.2) is 43.6 Å². The summed E-state index contributed by atoms with van der Waals surface area (Å²) in [6, 6.07) is 16.6. The molecule has 0 atom stereocenters. The molecule has 2 amide bonds. The molecule has 0 aromatic heterocycles. The second kappa shape index (κ2) is 10.6. The highest BCUT2D eigenvalue weighted by atomic mass is 16.5. The third kappa shape index (κ3) is 4.89. The fraction of sp³-hybridized carbons (Fsp3) is 0.333. The molecule has 1 aliphatic heterocycles. The second-order valence-corrected chi connectivity index (χ2v) is 7.02. The highest BCUT2D eigenvalue weighted by Crippen LogP contribution is 2.33. The summed E-state index contributed by atoms with van der Waals surface area (Å²) in [7, 11) is 1.57. The third-order valence-corrected chi connectivity index (χ3v) is 4.91. The average molecular weight is 408 g/mol. The molecule has 2 aromatic rings. The Labute approximate surface area is 177 Å². The molecule has 0 bridgehead atoms. The first-order valence-electron chi connectivity index (χ1n) is 10.3. The lowest BCUT2D eigenvalue weighted by atomic mass is 10.0. The molecule has 3 rings (SSSR count). The van der Waals surface area contributed by atoms with Gasteiger partial charge in [0.15, 0.2) is 0 Å². The summed E-state index contributed by atoms with van der Waals surface area (Å²) in [6.07, 6.45) is 2.69. The van der Waals surface area contributed by atoms with Gasteiger partial charge in [0, 0.05) is 19.8 Å². The predicted octanol–water partition coefficient (Wildman–Crippen LogP) is 4.09. The average Bonchev–Trinajstić information content (AvgIpc) is 3.01. The van der Waals surface area contributed by atoms with Gasteiger partial charge in [0.2, 0.25) is 0 Å². The first kappa shape index (κ1) is 21.6. The van der Waals surface area contributed by atoms with Crippen molar-refractivity contribution in [3.05, 3.63) is 65.9 Å². The zero-order chi connectivity index (χ0) is 21.3. The van der Waals surface area contributed by atoms with Gasteiger partial charge in [0.25, 0.3) is 11.8 Å². The van der Waals surface area contributed by atoms with Crippen LogP contribution in [0.2, 0.25) is 0 Å². The minimum Gasteiger partial charge on any atom is -0.495 e. The van der Waals surface area contributed by atoms with Crippen molar-refractivity contribution in [1.29, 1.82) is 0 Å². The number of benzene rings is 2. The van der Waals surface area contributed by atoms with Crippen molar-refractivity contribution < 1.29 is 19.1 Å². The number of hydrogen-bond acceptors (Lipinski definition) is 5. The number of unbranched alkanes of at least 4 members (excludes halogenated alkanes) is 1.